The monoisotopic (exact) mass is 262 g/mol. The molecule has 0 aromatic heterocycles. The maximum absolute atomic E-state index is 6.15. The fraction of sp³-hybridized carbons (Fsp3) is 0.400. The van der Waals surface area contributed by atoms with Crippen LogP contribution >= 0.6 is 22.2 Å². The molecular weight excluding hydrogens is 251 g/mol. The predicted octanol–water partition coefficient (Wildman–Crippen LogP) is 2.70. The molecule has 1 aliphatic rings. The Morgan fingerprint density at radius 1 is 1.40 bits per heavy atom. The van der Waals surface area contributed by atoms with Gasteiger partial charge in [0.05, 0.1) is 6.61 Å². The molecule has 1 aromatic carbocycles. The molecule has 1 aliphatic heterocycles. The van der Waals surface area contributed by atoms with Gasteiger partial charge in [-0.2, -0.15) is 0 Å². The van der Waals surface area contributed by atoms with Crippen LogP contribution in [0, 0.1) is 0 Å². The molecule has 0 N–H and O–H groups in total. The van der Waals surface area contributed by atoms with Crippen LogP contribution in [0.3, 0.4) is 0 Å². The SMILES string of the molecule is CC1OCc2cc([Si](C)(Cl)Cl)ccc2O1. The van der Waals surface area contributed by atoms with E-state index in [1.807, 2.05) is 31.7 Å². The quantitative estimate of drug-likeness (QED) is 0.573. The lowest BCUT2D eigenvalue weighted by molar-refractivity contribution is -0.0943. The molecule has 0 saturated carbocycles. The summed E-state index contributed by atoms with van der Waals surface area (Å²) in [7, 11) is 0. The minimum Gasteiger partial charge on any atom is -0.465 e. The number of halogens is 2. The van der Waals surface area contributed by atoms with Crippen LogP contribution in [0.4, 0.5) is 0 Å². The standard InChI is InChI=1S/C10H12Cl2O2Si/c1-7-13-6-8-5-9(15(2,11)12)3-4-10(8)14-7/h3-5,7H,6H2,1-2H3. The summed E-state index contributed by atoms with van der Waals surface area (Å²) < 4.78 is 10.9. The van der Waals surface area contributed by atoms with Gasteiger partial charge in [0, 0.05) is 5.56 Å². The van der Waals surface area contributed by atoms with Crippen LogP contribution in [0.2, 0.25) is 6.55 Å². The Hall–Kier alpha value is -0.223. The Morgan fingerprint density at radius 2 is 2.13 bits per heavy atom. The Balaban J connectivity index is 2.35. The highest BCUT2D eigenvalue weighted by Crippen LogP contribution is 2.26. The topological polar surface area (TPSA) is 18.5 Å². The first-order valence-electron chi connectivity index (χ1n) is 4.76. The van der Waals surface area contributed by atoms with Crippen molar-refractivity contribution in [3.05, 3.63) is 23.8 Å². The van der Waals surface area contributed by atoms with E-state index in [1.165, 1.54) is 0 Å². The average Bonchev–Trinajstić information content (AvgIpc) is 2.15. The molecule has 2 rings (SSSR count). The fourth-order valence-corrected chi connectivity index (χ4v) is 3.01. The lowest BCUT2D eigenvalue weighted by atomic mass is 10.2. The minimum atomic E-state index is -2.28. The van der Waals surface area contributed by atoms with Crippen molar-refractivity contribution in [3.63, 3.8) is 0 Å². The van der Waals surface area contributed by atoms with Gasteiger partial charge in [-0.3, -0.25) is 0 Å². The second kappa shape index (κ2) is 3.98. The van der Waals surface area contributed by atoms with Crippen molar-refractivity contribution in [2.75, 3.05) is 0 Å². The predicted molar refractivity (Wildman–Crippen MR) is 64.3 cm³/mol. The summed E-state index contributed by atoms with van der Waals surface area (Å²) in [4.78, 5) is 0. The maximum Gasteiger partial charge on any atom is 0.277 e. The minimum absolute atomic E-state index is 0.181. The summed E-state index contributed by atoms with van der Waals surface area (Å²) in [6, 6.07) is 5.83. The van der Waals surface area contributed by atoms with E-state index in [1.54, 1.807) is 0 Å². The van der Waals surface area contributed by atoms with Gasteiger partial charge in [-0.15, -0.1) is 22.2 Å². The Labute approximate surface area is 99.5 Å². The third-order valence-electron chi connectivity index (χ3n) is 2.33. The van der Waals surface area contributed by atoms with E-state index < -0.39 is 6.69 Å². The van der Waals surface area contributed by atoms with Crippen molar-refractivity contribution in [2.24, 2.45) is 0 Å². The van der Waals surface area contributed by atoms with Crippen molar-refractivity contribution in [1.29, 1.82) is 0 Å². The van der Waals surface area contributed by atoms with Crippen molar-refractivity contribution in [3.8, 4) is 5.75 Å². The second-order valence-electron chi connectivity index (χ2n) is 3.71. The lowest BCUT2D eigenvalue weighted by Crippen LogP contribution is -2.33. The molecule has 2 nitrogen and oxygen atoms in total. The summed E-state index contributed by atoms with van der Waals surface area (Å²) in [5, 5.41) is 0.992. The number of rotatable bonds is 1. The fourth-order valence-electron chi connectivity index (χ4n) is 1.50. The Bertz CT molecular complexity index is 376. The smallest absolute Gasteiger partial charge is 0.277 e. The molecule has 0 saturated heterocycles. The van der Waals surface area contributed by atoms with E-state index in [4.69, 9.17) is 31.6 Å². The van der Waals surface area contributed by atoms with Crippen LogP contribution in [0.5, 0.6) is 5.75 Å². The van der Waals surface area contributed by atoms with E-state index in [-0.39, 0.29) is 6.29 Å². The van der Waals surface area contributed by atoms with Crippen LogP contribution in [0.15, 0.2) is 18.2 Å². The zero-order valence-electron chi connectivity index (χ0n) is 8.59. The molecule has 0 aliphatic carbocycles. The molecule has 1 heterocycles. The molecule has 1 aromatic rings. The molecule has 82 valence electrons. The molecule has 0 radical (unpaired) electrons. The Kier molecular flexibility index (Phi) is 2.99. The number of ether oxygens (including phenoxy) is 2. The van der Waals surface area contributed by atoms with Gasteiger partial charge >= 0.3 is 0 Å². The molecule has 0 spiro atoms. The van der Waals surface area contributed by atoms with Crippen LogP contribution in [-0.4, -0.2) is 13.0 Å². The first-order valence-corrected chi connectivity index (χ1v) is 9.28. The lowest BCUT2D eigenvalue weighted by Gasteiger charge is -2.24. The van der Waals surface area contributed by atoms with Gasteiger partial charge in [0.15, 0.2) is 6.29 Å². The third-order valence-corrected chi connectivity index (χ3v) is 4.97. The number of benzene rings is 1. The van der Waals surface area contributed by atoms with Crippen LogP contribution in [0.25, 0.3) is 0 Å². The second-order valence-corrected chi connectivity index (χ2v) is 11.2. The summed E-state index contributed by atoms with van der Waals surface area (Å²) in [6.07, 6.45) is -0.181. The molecule has 15 heavy (non-hydrogen) atoms. The zero-order chi connectivity index (χ0) is 11.1. The maximum atomic E-state index is 6.15. The zero-order valence-corrected chi connectivity index (χ0v) is 11.1. The number of hydrogen-bond acceptors (Lipinski definition) is 2. The van der Waals surface area contributed by atoms with E-state index >= 15 is 0 Å². The highest BCUT2D eigenvalue weighted by Gasteiger charge is 2.26. The third kappa shape index (κ3) is 2.48. The first-order chi connectivity index (χ1) is 6.97. The Morgan fingerprint density at radius 3 is 2.80 bits per heavy atom. The van der Waals surface area contributed by atoms with Crippen LogP contribution < -0.4 is 9.92 Å². The normalized spacial score (nSPS) is 20.7. The highest BCUT2D eigenvalue weighted by molar-refractivity contribution is 7.50. The highest BCUT2D eigenvalue weighted by atomic mass is 35.7. The van der Waals surface area contributed by atoms with Gasteiger partial charge in [0.25, 0.3) is 6.69 Å². The van der Waals surface area contributed by atoms with Gasteiger partial charge in [-0.1, -0.05) is 12.1 Å². The summed E-state index contributed by atoms with van der Waals surface area (Å²) >= 11 is 12.3. The average molecular weight is 263 g/mol. The van der Waals surface area contributed by atoms with E-state index in [0.29, 0.717) is 6.61 Å². The molecule has 1 unspecified atom stereocenters. The summed E-state index contributed by atoms with van der Waals surface area (Å²) in [5.41, 5.74) is 1.02. The van der Waals surface area contributed by atoms with Crippen LogP contribution in [-0.2, 0) is 11.3 Å². The molecule has 1 atom stereocenters. The van der Waals surface area contributed by atoms with E-state index in [0.717, 1.165) is 16.5 Å². The van der Waals surface area contributed by atoms with Gasteiger partial charge in [-0.05, 0) is 24.7 Å². The number of hydrogen-bond donors (Lipinski definition) is 0. The van der Waals surface area contributed by atoms with Gasteiger partial charge in [0.2, 0.25) is 0 Å². The van der Waals surface area contributed by atoms with Gasteiger partial charge in [0.1, 0.15) is 5.75 Å². The van der Waals surface area contributed by atoms with Gasteiger partial charge in [-0.25, -0.2) is 0 Å². The summed E-state index contributed by atoms with van der Waals surface area (Å²) in [5.74, 6) is 0.865. The summed E-state index contributed by atoms with van der Waals surface area (Å²) in [6.45, 7) is 2.04. The largest absolute Gasteiger partial charge is 0.465 e. The molecular formula is C10H12Cl2O2Si. The molecule has 5 heteroatoms. The van der Waals surface area contributed by atoms with E-state index in [9.17, 15) is 0 Å². The van der Waals surface area contributed by atoms with E-state index in [2.05, 4.69) is 0 Å². The van der Waals surface area contributed by atoms with Crippen molar-refractivity contribution >= 4 is 34.0 Å². The number of fused-ring (bicyclic) bond motifs is 1. The molecule has 0 bridgehead atoms. The first kappa shape index (κ1) is 11.3. The van der Waals surface area contributed by atoms with Gasteiger partial charge < -0.3 is 9.47 Å². The van der Waals surface area contributed by atoms with Crippen molar-refractivity contribution in [1.82, 2.24) is 0 Å². The molecule has 0 amide bonds. The molecule has 0 fully saturated rings. The van der Waals surface area contributed by atoms with Crippen molar-refractivity contribution < 1.29 is 9.47 Å². The van der Waals surface area contributed by atoms with Crippen molar-refractivity contribution in [2.45, 2.75) is 26.4 Å². The van der Waals surface area contributed by atoms with Crippen LogP contribution in [0.1, 0.15) is 12.5 Å².